The Bertz CT molecular complexity index is 861. The lowest BCUT2D eigenvalue weighted by atomic mass is 10.2. The van der Waals surface area contributed by atoms with Gasteiger partial charge in [-0.2, -0.15) is 0 Å². The van der Waals surface area contributed by atoms with E-state index in [9.17, 15) is 4.79 Å². The highest BCUT2D eigenvalue weighted by molar-refractivity contribution is 9.10. The van der Waals surface area contributed by atoms with Gasteiger partial charge in [-0.05, 0) is 12.1 Å². The Balaban J connectivity index is 1.55. The van der Waals surface area contributed by atoms with Crippen LogP contribution < -0.4 is 5.32 Å². The molecule has 2 aromatic heterocycles. The predicted octanol–water partition coefficient (Wildman–Crippen LogP) is 4.81. The van der Waals surface area contributed by atoms with Gasteiger partial charge >= 0.3 is 0 Å². The molecular weight excluding hydrogens is 424 g/mol. The second-order valence-corrected chi connectivity index (χ2v) is 8.14. The first-order valence-electron chi connectivity index (χ1n) is 7.49. The standard InChI is InChI=1S/C16H15BrN4O2S2/c1-9(2)14-20-21-16(23-14)25-8-13(22)19-15-18-12(7-24-15)10-3-5-11(17)6-4-10/h3-7,9H,8H2,1-2H3,(H,18,19,22). The van der Waals surface area contributed by atoms with Crippen LogP contribution in [0, 0.1) is 0 Å². The van der Waals surface area contributed by atoms with E-state index in [0.717, 1.165) is 15.7 Å². The van der Waals surface area contributed by atoms with Crippen LogP contribution in [0.2, 0.25) is 0 Å². The number of thioether (sulfide) groups is 1. The minimum atomic E-state index is -0.161. The van der Waals surface area contributed by atoms with Crippen molar-refractivity contribution in [2.24, 2.45) is 0 Å². The molecule has 3 aromatic rings. The van der Waals surface area contributed by atoms with E-state index < -0.39 is 0 Å². The van der Waals surface area contributed by atoms with Gasteiger partial charge in [-0.1, -0.05) is 53.7 Å². The summed E-state index contributed by atoms with van der Waals surface area (Å²) in [5.74, 6) is 0.767. The van der Waals surface area contributed by atoms with Gasteiger partial charge in [0.25, 0.3) is 5.22 Å². The van der Waals surface area contributed by atoms with Crippen molar-refractivity contribution in [1.82, 2.24) is 15.2 Å². The first kappa shape index (κ1) is 18.1. The van der Waals surface area contributed by atoms with Crippen LogP contribution in [0.15, 0.2) is 43.8 Å². The summed E-state index contributed by atoms with van der Waals surface area (Å²) in [7, 11) is 0. The van der Waals surface area contributed by atoms with Crippen LogP contribution in [0.4, 0.5) is 5.13 Å². The van der Waals surface area contributed by atoms with Crippen molar-refractivity contribution in [2.75, 3.05) is 11.1 Å². The molecule has 25 heavy (non-hydrogen) atoms. The molecule has 0 unspecified atom stereocenters. The van der Waals surface area contributed by atoms with E-state index in [-0.39, 0.29) is 17.6 Å². The van der Waals surface area contributed by atoms with Gasteiger partial charge in [0.2, 0.25) is 11.8 Å². The fraction of sp³-hybridized carbons (Fsp3) is 0.250. The molecule has 9 heteroatoms. The first-order valence-corrected chi connectivity index (χ1v) is 10.1. The molecule has 1 amide bonds. The summed E-state index contributed by atoms with van der Waals surface area (Å²) in [5, 5.41) is 13.5. The van der Waals surface area contributed by atoms with Crippen LogP contribution in [0.1, 0.15) is 25.7 Å². The fourth-order valence-corrected chi connectivity index (χ4v) is 3.45. The molecule has 2 heterocycles. The average Bonchev–Trinajstić information content (AvgIpc) is 3.23. The lowest BCUT2D eigenvalue weighted by Gasteiger charge is -2.00. The Morgan fingerprint density at radius 3 is 2.76 bits per heavy atom. The summed E-state index contributed by atoms with van der Waals surface area (Å²) < 4.78 is 6.47. The van der Waals surface area contributed by atoms with E-state index in [1.807, 2.05) is 43.5 Å². The molecule has 1 N–H and O–H groups in total. The van der Waals surface area contributed by atoms with E-state index in [4.69, 9.17) is 4.42 Å². The molecule has 0 spiro atoms. The number of nitrogens with one attached hydrogen (secondary N) is 1. The smallest absolute Gasteiger partial charge is 0.277 e. The number of carbonyl (C=O) groups is 1. The van der Waals surface area contributed by atoms with Crippen molar-refractivity contribution < 1.29 is 9.21 Å². The zero-order chi connectivity index (χ0) is 17.8. The molecule has 0 bridgehead atoms. The summed E-state index contributed by atoms with van der Waals surface area (Å²) in [6.07, 6.45) is 0. The van der Waals surface area contributed by atoms with E-state index in [2.05, 4.69) is 36.4 Å². The molecule has 0 atom stereocenters. The molecule has 130 valence electrons. The highest BCUT2D eigenvalue weighted by Gasteiger charge is 2.13. The third-order valence-corrected chi connectivity index (χ3v) is 5.24. The van der Waals surface area contributed by atoms with Crippen molar-refractivity contribution in [3.63, 3.8) is 0 Å². The fourth-order valence-electron chi connectivity index (χ4n) is 1.88. The minimum absolute atomic E-state index is 0.161. The molecule has 6 nitrogen and oxygen atoms in total. The predicted molar refractivity (Wildman–Crippen MR) is 103 cm³/mol. The first-order chi connectivity index (χ1) is 12.0. The molecule has 0 saturated heterocycles. The van der Waals surface area contributed by atoms with Crippen molar-refractivity contribution in [3.05, 3.63) is 40.0 Å². The number of thiazole rings is 1. The summed E-state index contributed by atoms with van der Waals surface area (Å²) >= 11 is 6.01. The van der Waals surface area contributed by atoms with Crippen molar-refractivity contribution >= 4 is 50.1 Å². The normalized spacial score (nSPS) is 11.0. The topological polar surface area (TPSA) is 80.9 Å². The Hall–Kier alpha value is -1.71. The third-order valence-electron chi connectivity index (χ3n) is 3.13. The Kier molecular flexibility index (Phi) is 5.87. The maximum absolute atomic E-state index is 12.1. The Morgan fingerprint density at radius 1 is 1.32 bits per heavy atom. The van der Waals surface area contributed by atoms with Crippen LogP contribution in [0.25, 0.3) is 11.3 Å². The van der Waals surface area contributed by atoms with Crippen LogP contribution >= 0.6 is 39.0 Å². The Labute approximate surface area is 161 Å². The number of hydrogen-bond acceptors (Lipinski definition) is 7. The number of rotatable bonds is 6. The number of carbonyl (C=O) groups excluding carboxylic acids is 1. The van der Waals surface area contributed by atoms with Crippen LogP contribution in [-0.4, -0.2) is 26.8 Å². The average molecular weight is 439 g/mol. The molecule has 0 radical (unpaired) electrons. The zero-order valence-corrected chi connectivity index (χ0v) is 16.7. The number of amides is 1. The van der Waals surface area contributed by atoms with Gasteiger partial charge in [-0.3, -0.25) is 4.79 Å². The summed E-state index contributed by atoms with van der Waals surface area (Å²) in [6, 6.07) is 7.86. The number of halogens is 1. The summed E-state index contributed by atoms with van der Waals surface area (Å²) in [4.78, 5) is 16.5. The van der Waals surface area contributed by atoms with E-state index in [1.54, 1.807) is 0 Å². The van der Waals surface area contributed by atoms with E-state index in [0.29, 0.717) is 16.2 Å². The van der Waals surface area contributed by atoms with Crippen LogP contribution in [0.3, 0.4) is 0 Å². The number of benzene rings is 1. The van der Waals surface area contributed by atoms with Crippen molar-refractivity contribution in [2.45, 2.75) is 25.0 Å². The van der Waals surface area contributed by atoms with Gasteiger partial charge < -0.3 is 9.73 Å². The summed E-state index contributed by atoms with van der Waals surface area (Å²) in [5.41, 5.74) is 1.83. The van der Waals surface area contributed by atoms with E-state index in [1.165, 1.54) is 23.1 Å². The lowest BCUT2D eigenvalue weighted by Crippen LogP contribution is -2.13. The van der Waals surface area contributed by atoms with Crippen LogP contribution in [-0.2, 0) is 4.79 Å². The number of hydrogen-bond donors (Lipinski definition) is 1. The molecule has 0 aliphatic rings. The summed E-state index contributed by atoms with van der Waals surface area (Å²) in [6.45, 7) is 3.94. The largest absolute Gasteiger partial charge is 0.416 e. The van der Waals surface area contributed by atoms with Crippen molar-refractivity contribution in [1.29, 1.82) is 0 Å². The monoisotopic (exact) mass is 438 g/mol. The van der Waals surface area contributed by atoms with E-state index >= 15 is 0 Å². The highest BCUT2D eigenvalue weighted by atomic mass is 79.9. The lowest BCUT2D eigenvalue weighted by molar-refractivity contribution is -0.113. The maximum Gasteiger partial charge on any atom is 0.277 e. The maximum atomic E-state index is 12.1. The second kappa shape index (κ2) is 8.11. The van der Waals surface area contributed by atoms with Gasteiger partial charge in [0.1, 0.15) is 0 Å². The van der Waals surface area contributed by atoms with Gasteiger partial charge in [0, 0.05) is 21.3 Å². The van der Waals surface area contributed by atoms with Gasteiger partial charge in [0.05, 0.1) is 11.4 Å². The zero-order valence-electron chi connectivity index (χ0n) is 13.5. The highest BCUT2D eigenvalue weighted by Crippen LogP contribution is 2.26. The number of aromatic nitrogens is 3. The number of anilines is 1. The second-order valence-electron chi connectivity index (χ2n) is 5.44. The van der Waals surface area contributed by atoms with Crippen molar-refractivity contribution in [3.8, 4) is 11.3 Å². The van der Waals surface area contributed by atoms with Crippen LogP contribution in [0.5, 0.6) is 0 Å². The number of nitrogens with zero attached hydrogens (tertiary/aromatic N) is 3. The minimum Gasteiger partial charge on any atom is -0.416 e. The molecule has 3 rings (SSSR count). The van der Waals surface area contributed by atoms with Gasteiger partial charge in [-0.25, -0.2) is 4.98 Å². The third kappa shape index (κ3) is 4.90. The van der Waals surface area contributed by atoms with Gasteiger partial charge in [0.15, 0.2) is 5.13 Å². The quantitative estimate of drug-likeness (QED) is 0.556. The molecule has 0 aliphatic carbocycles. The molecule has 1 aromatic carbocycles. The Morgan fingerprint density at radius 2 is 2.08 bits per heavy atom. The van der Waals surface area contributed by atoms with Gasteiger partial charge in [-0.15, -0.1) is 21.5 Å². The molecule has 0 saturated carbocycles. The molecular formula is C16H15BrN4O2S2. The molecule has 0 aliphatic heterocycles. The molecule has 0 fully saturated rings. The SMILES string of the molecule is CC(C)c1nnc(SCC(=O)Nc2nc(-c3ccc(Br)cc3)cs2)o1.